The summed E-state index contributed by atoms with van der Waals surface area (Å²) >= 11 is 0. The van der Waals surface area contributed by atoms with Gasteiger partial charge in [0.2, 0.25) is 0 Å². The molecule has 0 aliphatic rings. The monoisotopic (exact) mass is 303 g/mol. The molecule has 5 heteroatoms. The summed E-state index contributed by atoms with van der Waals surface area (Å²) in [6, 6.07) is 0. The molecule has 0 heterocycles. The van der Waals surface area contributed by atoms with Crippen LogP contribution in [0.5, 0.6) is 0 Å². The predicted molar refractivity (Wildman–Crippen MR) is 86.4 cm³/mol. The van der Waals surface area contributed by atoms with Crippen LogP contribution >= 0.6 is 0 Å². The fourth-order valence-corrected chi connectivity index (χ4v) is 3.30. The molecular weight excluding hydrogens is 270 g/mol. The first-order valence-electron chi connectivity index (χ1n) is 7.67. The number of nitrogens with two attached hydrogens (primary N) is 1. The molecule has 0 unspecified atom stereocenters. The van der Waals surface area contributed by atoms with Crippen LogP contribution in [0.15, 0.2) is 0 Å². The van der Waals surface area contributed by atoms with Crippen molar-refractivity contribution in [3.63, 3.8) is 0 Å². The lowest BCUT2D eigenvalue weighted by Crippen LogP contribution is -2.48. The molecule has 3 N–H and O–H groups in total. The average molecular weight is 304 g/mol. The number of unbranched alkanes of at least 4 members (excludes halogenated alkanes) is 2. The standard InChI is InChI=1S/C15H33NO3Si/c1-7-8-9-10-13(12(11-16)14(17)18)19-20(5,6)15(2,3)4/h12-13H,7-11,16H2,1-6H3,(H,17,18)/t12-,13+/m0/s1. The topological polar surface area (TPSA) is 72.5 Å². The van der Waals surface area contributed by atoms with Crippen molar-refractivity contribution >= 4 is 14.3 Å². The Labute approximate surface area is 125 Å². The van der Waals surface area contributed by atoms with Crippen molar-refractivity contribution in [2.45, 2.75) is 77.6 Å². The quantitative estimate of drug-likeness (QED) is 0.504. The number of rotatable bonds is 9. The summed E-state index contributed by atoms with van der Waals surface area (Å²) in [5, 5.41) is 9.43. The van der Waals surface area contributed by atoms with Crippen LogP contribution in [0.2, 0.25) is 18.1 Å². The van der Waals surface area contributed by atoms with E-state index in [4.69, 9.17) is 10.2 Å². The third-order valence-electron chi connectivity index (χ3n) is 4.36. The smallest absolute Gasteiger partial charge is 0.310 e. The number of aliphatic carboxylic acids is 1. The minimum absolute atomic E-state index is 0.0770. The van der Waals surface area contributed by atoms with Gasteiger partial charge in [-0.1, -0.05) is 47.0 Å². The molecule has 0 radical (unpaired) electrons. The molecule has 4 nitrogen and oxygen atoms in total. The van der Waals surface area contributed by atoms with Crippen molar-refractivity contribution in [1.29, 1.82) is 0 Å². The minimum atomic E-state index is -1.97. The third kappa shape index (κ3) is 5.93. The zero-order chi connectivity index (χ0) is 16.0. The molecule has 120 valence electrons. The van der Waals surface area contributed by atoms with E-state index in [2.05, 4.69) is 40.8 Å². The van der Waals surface area contributed by atoms with Crippen LogP contribution in [0.4, 0.5) is 0 Å². The van der Waals surface area contributed by atoms with Crippen LogP contribution in [0.3, 0.4) is 0 Å². The maximum absolute atomic E-state index is 11.4. The van der Waals surface area contributed by atoms with Gasteiger partial charge in [0.15, 0.2) is 8.32 Å². The van der Waals surface area contributed by atoms with Crippen LogP contribution in [0.25, 0.3) is 0 Å². The van der Waals surface area contributed by atoms with Crippen molar-refractivity contribution in [3.05, 3.63) is 0 Å². The normalized spacial score (nSPS) is 15.9. The summed E-state index contributed by atoms with van der Waals surface area (Å²) in [5.74, 6) is -1.44. The van der Waals surface area contributed by atoms with E-state index in [-0.39, 0.29) is 17.7 Å². The van der Waals surface area contributed by atoms with Gasteiger partial charge in [0, 0.05) is 6.54 Å². The molecule has 0 saturated heterocycles. The lowest BCUT2D eigenvalue weighted by Gasteiger charge is -2.40. The first kappa shape index (κ1) is 19.6. The van der Waals surface area contributed by atoms with Crippen molar-refractivity contribution < 1.29 is 14.3 Å². The fraction of sp³-hybridized carbons (Fsp3) is 0.933. The van der Waals surface area contributed by atoms with Crippen molar-refractivity contribution in [2.24, 2.45) is 11.7 Å². The van der Waals surface area contributed by atoms with E-state index in [1.54, 1.807) is 0 Å². The van der Waals surface area contributed by atoms with Crippen molar-refractivity contribution in [2.75, 3.05) is 6.54 Å². The second-order valence-corrected chi connectivity index (χ2v) is 11.8. The van der Waals surface area contributed by atoms with Crippen LogP contribution in [0, 0.1) is 5.92 Å². The Morgan fingerprint density at radius 2 is 1.85 bits per heavy atom. The second kappa shape index (κ2) is 8.15. The highest BCUT2D eigenvalue weighted by Crippen LogP contribution is 2.38. The Bertz CT molecular complexity index is 300. The molecular formula is C15H33NO3Si. The fourth-order valence-electron chi connectivity index (χ4n) is 1.90. The van der Waals surface area contributed by atoms with Gasteiger partial charge in [0.1, 0.15) is 0 Å². The molecule has 0 aromatic rings. The largest absolute Gasteiger partial charge is 0.481 e. The van der Waals surface area contributed by atoms with E-state index >= 15 is 0 Å². The van der Waals surface area contributed by atoms with Gasteiger partial charge in [-0.2, -0.15) is 0 Å². The van der Waals surface area contributed by atoms with Gasteiger partial charge in [0.05, 0.1) is 12.0 Å². The van der Waals surface area contributed by atoms with E-state index in [0.717, 1.165) is 25.7 Å². The molecule has 0 spiro atoms. The summed E-state index contributed by atoms with van der Waals surface area (Å²) < 4.78 is 6.34. The van der Waals surface area contributed by atoms with Gasteiger partial charge < -0.3 is 15.3 Å². The number of carboxylic acid groups (broad SMARTS) is 1. The van der Waals surface area contributed by atoms with Crippen LogP contribution in [-0.2, 0) is 9.22 Å². The Hall–Kier alpha value is -0.393. The summed E-state index contributed by atoms with van der Waals surface area (Å²) in [7, 11) is -1.97. The average Bonchev–Trinajstić information content (AvgIpc) is 2.27. The van der Waals surface area contributed by atoms with E-state index in [1.807, 2.05) is 0 Å². The molecule has 0 aliphatic carbocycles. The number of carboxylic acids is 1. The molecule has 0 saturated carbocycles. The first-order valence-corrected chi connectivity index (χ1v) is 10.6. The van der Waals surface area contributed by atoms with Gasteiger partial charge in [-0.05, 0) is 24.6 Å². The van der Waals surface area contributed by atoms with Crippen LogP contribution in [0.1, 0.15) is 53.4 Å². The zero-order valence-corrected chi connectivity index (χ0v) is 15.0. The summed E-state index contributed by atoms with van der Waals surface area (Å²) in [5.41, 5.74) is 5.66. The Morgan fingerprint density at radius 1 is 1.30 bits per heavy atom. The molecule has 0 fully saturated rings. The highest BCUT2D eigenvalue weighted by molar-refractivity contribution is 6.74. The highest BCUT2D eigenvalue weighted by atomic mass is 28.4. The molecule has 2 atom stereocenters. The Kier molecular flexibility index (Phi) is 7.99. The van der Waals surface area contributed by atoms with E-state index < -0.39 is 20.2 Å². The summed E-state index contributed by atoms with van der Waals surface area (Å²) in [6.45, 7) is 13.1. The molecule has 0 aliphatic heterocycles. The maximum Gasteiger partial charge on any atom is 0.310 e. The third-order valence-corrected chi connectivity index (χ3v) is 8.87. The van der Waals surface area contributed by atoms with Crippen molar-refractivity contribution in [1.82, 2.24) is 0 Å². The molecule has 0 bridgehead atoms. The van der Waals surface area contributed by atoms with E-state index in [9.17, 15) is 9.90 Å². The highest BCUT2D eigenvalue weighted by Gasteiger charge is 2.41. The van der Waals surface area contributed by atoms with Gasteiger partial charge >= 0.3 is 5.97 Å². The van der Waals surface area contributed by atoms with Gasteiger partial charge in [-0.15, -0.1) is 0 Å². The SMILES string of the molecule is CCCCC[C@@H](O[Si](C)(C)C(C)(C)C)[C@H](CN)C(=O)O. The lowest BCUT2D eigenvalue weighted by molar-refractivity contribution is -0.145. The van der Waals surface area contributed by atoms with Gasteiger partial charge in [-0.3, -0.25) is 4.79 Å². The molecule has 0 rings (SSSR count). The van der Waals surface area contributed by atoms with Crippen LogP contribution in [-0.4, -0.2) is 32.0 Å². The van der Waals surface area contributed by atoms with Crippen molar-refractivity contribution in [3.8, 4) is 0 Å². The van der Waals surface area contributed by atoms with Gasteiger partial charge in [0.25, 0.3) is 0 Å². The number of carbonyl (C=O) groups is 1. The van der Waals surface area contributed by atoms with E-state index in [1.165, 1.54) is 0 Å². The zero-order valence-electron chi connectivity index (χ0n) is 14.0. The molecule has 20 heavy (non-hydrogen) atoms. The maximum atomic E-state index is 11.4. The van der Waals surface area contributed by atoms with Crippen LogP contribution < -0.4 is 5.73 Å². The number of hydrogen-bond donors (Lipinski definition) is 2. The van der Waals surface area contributed by atoms with E-state index in [0.29, 0.717) is 0 Å². The molecule has 0 aromatic heterocycles. The Balaban J connectivity index is 4.97. The lowest BCUT2D eigenvalue weighted by atomic mass is 9.97. The summed E-state index contributed by atoms with van der Waals surface area (Å²) in [6.07, 6.45) is 3.75. The minimum Gasteiger partial charge on any atom is -0.481 e. The molecule has 0 amide bonds. The Morgan fingerprint density at radius 3 is 2.20 bits per heavy atom. The summed E-state index contributed by atoms with van der Waals surface area (Å²) in [4.78, 5) is 11.4. The van der Waals surface area contributed by atoms with Gasteiger partial charge in [-0.25, -0.2) is 0 Å². The predicted octanol–water partition coefficient (Wildman–Crippen LogP) is 3.62. The second-order valence-electron chi connectivity index (χ2n) is 7.09. The molecule has 0 aromatic carbocycles. The first-order chi connectivity index (χ1) is 9.06. The number of hydrogen-bond acceptors (Lipinski definition) is 3.